The Morgan fingerprint density at radius 1 is 1.11 bits per heavy atom. The predicted molar refractivity (Wildman–Crippen MR) is 117 cm³/mol. The molecule has 1 unspecified atom stereocenters. The number of benzene rings is 2. The summed E-state index contributed by atoms with van der Waals surface area (Å²) in [6, 6.07) is 10.0. The molecule has 0 radical (unpaired) electrons. The Morgan fingerprint density at radius 3 is 2.39 bits per heavy atom. The van der Waals surface area contributed by atoms with E-state index >= 15 is 0 Å². The normalized spacial score (nSPS) is 15.6. The van der Waals surface area contributed by atoms with Crippen molar-refractivity contribution < 1.29 is 19.1 Å². The molecule has 0 spiro atoms. The third-order valence-electron chi connectivity index (χ3n) is 4.10. The average molecular weight is 435 g/mol. The van der Waals surface area contributed by atoms with E-state index in [0.717, 1.165) is 0 Å². The molecule has 0 saturated carbocycles. The van der Waals surface area contributed by atoms with E-state index in [9.17, 15) is 9.59 Å². The zero-order valence-electron chi connectivity index (χ0n) is 15.0. The highest BCUT2D eigenvalue weighted by atomic mass is 35.5. The summed E-state index contributed by atoms with van der Waals surface area (Å²) in [4.78, 5) is 26.7. The van der Waals surface area contributed by atoms with Crippen molar-refractivity contribution >= 4 is 67.1 Å². The first-order valence-corrected chi connectivity index (χ1v) is 9.41. The molecule has 0 aromatic heterocycles. The number of carbonyl (C=O) groups is 2. The molecule has 1 atom stereocenters. The van der Waals surface area contributed by atoms with Crippen molar-refractivity contribution in [2.45, 2.75) is 0 Å². The van der Waals surface area contributed by atoms with Crippen molar-refractivity contribution in [1.82, 2.24) is 5.32 Å². The van der Waals surface area contributed by atoms with E-state index in [1.807, 2.05) is 0 Å². The quantitative estimate of drug-likeness (QED) is 0.347. The number of amides is 2. The lowest BCUT2D eigenvalue weighted by Gasteiger charge is -2.29. The Bertz CT molecular complexity index is 1010. The van der Waals surface area contributed by atoms with Gasteiger partial charge in [-0.05, 0) is 54.2 Å². The van der Waals surface area contributed by atoms with Gasteiger partial charge in [0.05, 0.1) is 19.9 Å². The fourth-order valence-corrected chi connectivity index (χ4v) is 3.58. The van der Waals surface area contributed by atoms with Gasteiger partial charge >= 0.3 is 0 Å². The second-order valence-corrected chi connectivity index (χ2v) is 7.14. The molecule has 1 fully saturated rings. The molecular weight excluding hydrogens is 419 g/mol. The smallest absolute Gasteiger partial charge is 0.270 e. The van der Waals surface area contributed by atoms with Crippen LogP contribution in [0.2, 0.25) is 5.02 Å². The van der Waals surface area contributed by atoms with E-state index in [-0.39, 0.29) is 10.7 Å². The van der Waals surface area contributed by atoms with Gasteiger partial charge in [-0.15, -0.1) is 9.24 Å². The molecule has 3 rings (SSSR count). The molecule has 1 aliphatic heterocycles. The molecule has 1 aliphatic rings. The number of anilines is 1. The minimum atomic E-state index is -0.570. The number of rotatable bonds is 4. The summed E-state index contributed by atoms with van der Waals surface area (Å²) in [5.74, 6) is -0.0664. The zero-order valence-corrected chi connectivity index (χ0v) is 17.7. The van der Waals surface area contributed by atoms with Crippen LogP contribution in [0.4, 0.5) is 5.69 Å². The Kier molecular flexibility index (Phi) is 5.98. The topological polar surface area (TPSA) is 67.9 Å². The highest BCUT2D eigenvalue weighted by Crippen LogP contribution is 2.29. The van der Waals surface area contributed by atoms with Gasteiger partial charge in [0.2, 0.25) is 0 Å². The van der Waals surface area contributed by atoms with Crippen LogP contribution in [0.3, 0.4) is 0 Å². The fourth-order valence-electron chi connectivity index (χ4n) is 2.73. The standard InChI is InChI=1S/C19H16ClN2O4PS/c1-25-14-8-3-10(16(27)15(14)26-2)9-13-17(23)21-19(28)22(18(13)24)12-6-4-11(20)5-7-12/h3-9H,27H2,1-2H3,(H,21,23,28). The Labute approximate surface area is 174 Å². The van der Waals surface area contributed by atoms with Crippen molar-refractivity contribution in [2.75, 3.05) is 19.1 Å². The Hall–Kier alpha value is -2.47. The number of halogens is 1. The van der Waals surface area contributed by atoms with Gasteiger partial charge in [-0.1, -0.05) is 17.7 Å². The van der Waals surface area contributed by atoms with Crippen LogP contribution in [0.1, 0.15) is 5.56 Å². The molecule has 2 aromatic carbocycles. The maximum Gasteiger partial charge on any atom is 0.270 e. The first kappa shape index (κ1) is 20.3. The monoisotopic (exact) mass is 434 g/mol. The number of nitrogens with zero attached hydrogens (tertiary/aromatic N) is 1. The van der Waals surface area contributed by atoms with Gasteiger partial charge in [0, 0.05) is 10.3 Å². The second-order valence-electron chi connectivity index (χ2n) is 5.74. The van der Waals surface area contributed by atoms with Crippen LogP contribution < -0.4 is 25.0 Å². The zero-order chi connectivity index (χ0) is 20.4. The number of ether oxygens (including phenoxy) is 2. The maximum atomic E-state index is 13.0. The lowest BCUT2D eigenvalue weighted by atomic mass is 10.1. The number of hydrogen-bond acceptors (Lipinski definition) is 5. The van der Waals surface area contributed by atoms with Crippen LogP contribution >= 0.6 is 33.1 Å². The molecule has 28 heavy (non-hydrogen) atoms. The predicted octanol–water partition coefficient (Wildman–Crippen LogP) is 2.69. The fraction of sp³-hybridized carbons (Fsp3) is 0.105. The first-order valence-electron chi connectivity index (χ1n) is 8.04. The first-order chi connectivity index (χ1) is 13.4. The summed E-state index contributed by atoms with van der Waals surface area (Å²) in [7, 11) is 5.58. The summed E-state index contributed by atoms with van der Waals surface area (Å²) in [6.45, 7) is 0. The van der Waals surface area contributed by atoms with E-state index in [4.69, 9.17) is 33.3 Å². The molecule has 0 aliphatic carbocycles. The second kappa shape index (κ2) is 8.27. The molecular formula is C19H16ClN2O4PS. The van der Waals surface area contributed by atoms with Crippen molar-refractivity contribution in [2.24, 2.45) is 0 Å². The highest BCUT2D eigenvalue weighted by molar-refractivity contribution is 7.80. The van der Waals surface area contributed by atoms with Crippen molar-refractivity contribution in [3.05, 3.63) is 52.6 Å². The van der Waals surface area contributed by atoms with Crippen molar-refractivity contribution in [1.29, 1.82) is 0 Å². The molecule has 9 heteroatoms. The van der Waals surface area contributed by atoms with E-state index in [2.05, 4.69) is 14.6 Å². The SMILES string of the molecule is COc1ccc(C=C2C(=O)NC(=S)N(c3ccc(Cl)cc3)C2=O)c(P)c1OC. The average Bonchev–Trinajstić information content (AvgIpc) is 2.67. The summed E-state index contributed by atoms with van der Waals surface area (Å²) < 4.78 is 10.6. The minimum absolute atomic E-state index is 0.00730. The molecule has 1 heterocycles. The molecule has 1 N–H and O–H groups in total. The van der Waals surface area contributed by atoms with Crippen LogP contribution in [0.15, 0.2) is 42.0 Å². The van der Waals surface area contributed by atoms with Gasteiger partial charge in [-0.3, -0.25) is 19.8 Å². The molecule has 1 saturated heterocycles. The number of hydrogen-bond donors (Lipinski definition) is 1. The number of nitrogens with one attached hydrogen (secondary N) is 1. The Morgan fingerprint density at radius 2 is 1.79 bits per heavy atom. The molecule has 0 bridgehead atoms. The van der Waals surface area contributed by atoms with Gasteiger partial charge in [0.1, 0.15) is 5.57 Å². The summed E-state index contributed by atoms with van der Waals surface area (Å²) in [6.07, 6.45) is 1.49. The van der Waals surface area contributed by atoms with Gasteiger partial charge in [-0.25, -0.2) is 0 Å². The summed E-state index contributed by atoms with van der Waals surface area (Å²) in [5.41, 5.74) is 1.06. The number of thiocarbonyl (C=S) groups is 1. The maximum absolute atomic E-state index is 13.0. The van der Waals surface area contributed by atoms with E-state index in [1.54, 1.807) is 36.4 Å². The van der Waals surface area contributed by atoms with Crippen LogP contribution in [0.25, 0.3) is 6.08 Å². The van der Waals surface area contributed by atoms with E-state index in [1.165, 1.54) is 25.2 Å². The number of carbonyl (C=O) groups excluding carboxylic acids is 2. The number of methoxy groups -OCH3 is 2. The Balaban J connectivity index is 2.06. The van der Waals surface area contributed by atoms with Crippen LogP contribution in [0, 0.1) is 0 Å². The molecule has 6 nitrogen and oxygen atoms in total. The summed E-state index contributed by atoms with van der Waals surface area (Å²) >= 11 is 11.1. The minimum Gasteiger partial charge on any atom is -0.493 e. The van der Waals surface area contributed by atoms with Crippen molar-refractivity contribution in [3.63, 3.8) is 0 Å². The largest absolute Gasteiger partial charge is 0.493 e. The van der Waals surface area contributed by atoms with E-state index < -0.39 is 11.8 Å². The van der Waals surface area contributed by atoms with E-state index in [0.29, 0.717) is 33.1 Å². The van der Waals surface area contributed by atoms with Gasteiger partial charge < -0.3 is 9.47 Å². The lowest BCUT2D eigenvalue weighted by Crippen LogP contribution is -2.54. The van der Waals surface area contributed by atoms with Gasteiger partial charge in [-0.2, -0.15) is 0 Å². The van der Waals surface area contributed by atoms with Gasteiger partial charge in [0.25, 0.3) is 11.8 Å². The van der Waals surface area contributed by atoms with Crippen LogP contribution in [-0.2, 0) is 9.59 Å². The van der Waals surface area contributed by atoms with Crippen LogP contribution in [-0.4, -0.2) is 31.1 Å². The van der Waals surface area contributed by atoms with Gasteiger partial charge in [0.15, 0.2) is 16.6 Å². The molecule has 2 aromatic rings. The lowest BCUT2D eigenvalue weighted by molar-refractivity contribution is -0.122. The molecule has 2 amide bonds. The molecule has 144 valence electrons. The summed E-state index contributed by atoms with van der Waals surface area (Å²) in [5, 5.41) is 3.73. The van der Waals surface area contributed by atoms with Crippen molar-refractivity contribution in [3.8, 4) is 11.5 Å². The van der Waals surface area contributed by atoms with Crippen LogP contribution in [0.5, 0.6) is 11.5 Å². The third kappa shape index (κ3) is 3.74. The highest BCUT2D eigenvalue weighted by Gasteiger charge is 2.34. The third-order valence-corrected chi connectivity index (χ3v) is 5.24.